The van der Waals surface area contributed by atoms with Crippen molar-refractivity contribution in [2.75, 3.05) is 26.1 Å². The normalized spacial score (nSPS) is 12.0. The molecule has 1 atom stereocenters. The van der Waals surface area contributed by atoms with Crippen LogP contribution in [0.15, 0.2) is 24.3 Å². The maximum absolute atomic E-state index is 12.7. The number of hydrogen-bond donors (Lipinski definition) is 2. The summed E-state index contributed by atoms with van der Waals surface area (Å²) in [6.07, 6.45) is -1.27. The van der Waals surface area contributed by atoms with Gasteiger partial charge in [0.05, 0.1) is 26.4 Å². The Balaban J connectivity index is 2.39. The van der Waals surface area contributed by atoms with Gasteiger partial charge in [-0.2, -0.15) is 0 Å². The lowest BCUT2D eigenvalue weighted by molar-refractivity contribution is 0.0531. The summed E-state index contributed by atoms with van der Waals surface area (Å²) in [5.41, 5.74) is 0.695. The molecule has 174 valence electrons. The Morgan fingerprint density at radius 3 is 2.22 bits per heavy atom. The van der Waals surface area contributed by atoms with Crippen LogP contribution in [-0.2, 0) is 9.47 Å². The van der Waals surface area contributed by atoms with Crippen molar-refractivity contribution in [3.8, 4) is 5.75 Å². The predicted molar refractivity (Wildman–Crippen MR) is 125 cm³/mol. The summed E-state index contributed by atoms with van der Waals surface area (Å²) >= 11 is 19.2. The van der Waals surface area contributed by atoms with Crippen LogP contribution < -0.4 is 15.4 Å². The highest BCUT2D eigenvalue weighted by atomic mass is 35.6. The molecule has 2 rings (SSSR count). The Hall–Kier alpha value is -2.20. The number of ether oxygens (including phenoxy) is 3. The summed E-state index contributed by atoms with van der Waals surface area (Å²) in [7, 11) is 2.70. The van der Waals surface area contributed by atoms with Gasteiger partial charge in [-0.3, -0.25) is 4.79 Å². The Morgan fingerprint density at radius 1 is 1.09 bits per heavy atom. The number of amides is 1. The molecular formula is C20H21Cl3N2O6S. The number of nitrogens with one attached hydrogen (secondary N) is 2. The van der Waals surface area contributed by atoms with Crippen LogP contribution in [0.25, 0.3) is 0 Å². The van der Waals surface area contributed by atoms with Crippen molar-refractivity contribution in [1.29, 1.82) is 0 Å². The van der Waals surface area contributed by atoms with Crippen LogP contribution in [0.5, 0.6) is 5.75 Å². The highest BCUT2D eigenvalue weighted by Gasteiger charge is 2.37. The van der Waals surface area contributed by atoms with E-state index in [4.69, 9.17) is 49.0 Å². The molecule has 1 heterocycles. The van der Waals surface area contributed by atoms with Crippen molar-refractivity contribution < 1.29 is 28.6 Å². The molecule has 2 N–H and O–H groups in total. The fraction of sp³-hybridized carbons (Fsp3) is 0.350. The molecule has 0 fully saturated rings. The number of thiophene rings is 1. The summed E-state index contributed by atoms with van der Waals surface area (Å²) in [5, 5.41) is 5.59. The zero-order valence-corrected chi connectivity index (χ0v) is 20.7. The second-order valence-corrected chi connectivity index (χ2v) is 9.68. The monoisotopic (exact) mass is 522 g/mol. The Bertz CT molecular complexity index is 988. The van der Waals surface area contributed by atoms with Gasteiger partial charge < -0.3 is 24.8 Å². The number of anilines is 1. The van der Waals surface area contributed by atoms with Gasteiger partial charge in [0.25, 0.3) is 5.91 Å². The third-order valence-electron chi connectivity index (χ3n) is 4.23. The zero-order chi connectivity index (χ0) is 24.1. The average Bonchev–Trinajstić information content (AvgIpc) is 3.08. The number of halogens is 3. The van der Waals surface area contributed by atoms with Gasteiger partial charge in [0.2, 0.25) is 3.79 Å². The molecule has 0 spiro atoms. The van der Waals surface area contributed by atoms with Crippen LogP contribution in [0.4, 0.5) is 5.00 Å². The molecule has 1 amide bonds. The predicted octanol–water partition coefficient (Wildman–Crippen LogP) is 4.57. The van der Waals surface area contributed by atoms with Crippen LogP contribution in [0.3, 0.4) is 0 Å². The molecular weight excluding hydrogens is 503 g/mol. The van der Waals surface area contributed by atoms with Crippen molar-refractivity contribution in [3.05, 3.63) is 45.8 Å². The fourth-order valence-electron chi connectivity index (χ4n) is 2.64. The van der Waals surface area contributed by atoms with Crippen LogP contribution in [0.2, 0.25) is 0 Å². The molecule has 0 radical (unpaired) electrons. The van der Waals surface area contributed by atoms with Gasteiger partial charge >= 0.3 is 11.9 Å². The summed E-state index contributed by atoms with van der Waals surface area (Å²) in [6, 6.07) is 6.29. The molecule has 1 aromatic heterocycles. The zero-order valence-electron chi connectivity index (χ0n) is 17.6. The van der Waals surface area contributed by atoms with E-state index in [9.17, 15) is 14.4 Å². The Labute approximate surface area is 204 Å². The third kappa shape index (κ3) is 6.19. The van der Waals surface area contributed by atoms with E-state index in [1.807, 2.05) is 0 Å². The Kier molecular flexibility index (Phi) is 9.03. The number of carbonyl (C=O) groups is 3. The minimum Gasteiger partial charge on any atom is -0.497 e. The van der Waals surface area contributed by atoms with Crippen molar-refractivity contribution >= 4 is 69.0 Å². The standard InChI is InChI=1S/C20H21Cl3N2O6S/c1-5-31-18(28)14-10(2)13(17(27)30-4)16(32-14)25-19(20(21,22)23)24-15(26)11-6-8-12(29-3)9-7-11/h6-9,19,25H,5H2,1-4H3,(H,24,26)/t19-/m1/s1. The average molecular weight is 524 g/mol. The van der Waals surface area contributed by atoms with Crippen LogP contribution in [-0.4, -0.2) is 48.6 Å². The smallest absolute Gasteiger partial charge is 0.348 e. The first-order valence-corrected chi connectivity index (χ1v) is 11.2. The minimum absolute atomic E-state index is 0.0681. The van der Waals surface area contributed by atoms with Crippen molar-refractivity contribution in [3.63, 3.8) is 0 Å². The molecule has 12 heteroatoms. The second kappa shape index (κ2) is 11.1. The maximum Gasteiger partial charge on any atom is 0.348 e. The largest absolute Gasteiger partial charge is 0.497 e. The van der Waals surface area contributed by atoms with E-state index in [1.165, 1.54) is 26.4 Å². The fourth-order valence-corrected chi connectivity index (χ4v) is 4.09. The molecule has 0 saturated carbocycles. The third-order valence-corrected chi connectivity index (χ3v) is 6.09. The number of hydrogen-bond acceptors (Lipinski definition) is 8. The number of benzene rings is 1. The minimum atomic E-state index is -2.02. The first-order chi connectivity index (χ1) is 15.0. The molecule has 0 aliphatic heterocycles. The highest BCUT2D eigenvalue weighted by Crippen LogP contribution is 2.38. The summed E-state index contributed by atoms with van der Waals surface area (Å²) in [5.74, 6) is -1.29. The van der Waals surface area contributed by atoms with Crippen LogP contribution in [0, 0.1) is 6.92 Å². The van der Waals surface area contributed by atoms with E-state index in [0.29, 0.717) is 11.3 Å². The van der Waals surface area contributed by atoms with Crippen molar-refractivity contribution in [1.82, 2.24) is 5.32 Å². The van der Waals surface area contributed by atoms with Crippen molar-refractivity contribution in [2.24, 2.45) is 0 Å². The van der Waals surface area contributed by atoms with Crippen molar-refractivity contribution in [2.45, 2.75) is 23.8 Å². The van der Waals surface area contributed by atoms with Crippen LogP contribution >= 0.6 is 46.1 Å². The van der Waals surface area contributed by atoms with E-state index >= 15 is 0 Å². The quantitative estimate of drug-likeness (QED) is 0.297. The number of methoxy groups -OCH3 is 2. The van der Waals surface area contributed by atoms with Gasteiger partial charge in [-0.1, -0.05) is 34.8 Å². The molecule has 1 aromatic carbocycles. The van der Waals surface area contributed by atoms with E-state index in [2.05, 4.69) is 10.6 Å². The molecule has 32 heavy (non-hydrogen) atoms. The number of carbonyl (C=O) groups excluding carboxylic acids is 3. The lowest BCUT2D eigenvalue weighted by atomic mass is 10.1. The second-order valence-electron chi connectivity index (χ2n) is 6.29. The molecule has 0 aliphatic carbocycles. The summed E-state index contributed by atoms with van der Waals surface area (Å²) in [6.45, 7) is 3.39. The SMILES string of the molecule is CCOC(=O)c1sc(N[C@@H](NC(=O)c2ccc(OC)cc2)C(Cl)(Cl)Cl)c(C(=O)OC)c1C. The van der Waals surface area contributed by atoms with Gasteiger partial charge in [-0.15, -0.1) is 11.3 Å². The van der Waals surface area contributed by atoms with Crippen LogP contribution in [0.1, 0.15) is 42.9 Å². The Morgan fingerprint density at radius 2 is 1.72 bits per heavy atom. The maximum atomic E-state index is 12.7. The first kappa shape index (κ1) is 26.1. The topological polar surface area (TPSA) is 103 Å². The molecule has 0 aliphatic rings. The molecule has 0 saturated heterocycles. The number of rotatable bonds is 8. The molecule has 0 unspecified atom stereocenters. The summed E-state index contributed by atoms with van der Waals surface area (Å²) < 4.78 is 12.9. The van der Waals surface area contributed by atoms with E-state index in [0.717, 1.165) is 11.3 Å². The number of esters is 2. The van der Waals surface area contributed by atoms with Gasteiger partial charge in [-0.25, -0.2) is 9.59 Å². The van der Waals surface area contributed by atoms with E-state index in [-0.39, 0.29) is 27.6 Å². The summed E-state index contributed by atoms with van der Waals surface area (Å²) in [4.78, 5) is 37.6. The van der Waals surface area contributed by atoms with Gasteiger partial charge in [-0.05, 0) is 43.7 Å². The van der Waals surface area contributed by atoms with E-state index in [1.54, 1.807) is 26.0 Å². The highest BCUT2D eigenvalue weighted by molar-refractivity contribution is 7.18. The molecule has 2 aromatic rings. The first-order valence-electron chi connectivity index (χ1n) is 9.20. The molecule has 0 bridgehead atoms. The van der Waals surface area contributed by atoms with Gasteiger partial charge in [0.1, 0.15) is 21.8 Å². The van der Waals surface area contributed by atoms with Gasteiger partial charge in [0, 0.05) is 5.56 Å². The van der Waals surface area contributed by atoms with E-state index < -0.39 is 27.8 Å². The number of alkyl halides is 3. The lowest BCUT2D eigenvalue weighted by Gasteiger charge is -2.27. The lowest BCUT2D eigenvalue weighted by Crippen LogP contribution is -2.49. The molecule has 8 nitrogen and oxygen atoms in total. The van der Waals surface area contributed by atoms with Gasteiger partial charge in [0.15, 0.2) is 0 Å².